The van der Waals surface area contributed by atoms with Crippen LogP contribution in [0.4, 0.5) is 0 Å². The zero-order chi connectivity index (χ0) is 12.6. The lowest BCUT2D eigenvalue weighted by Crippen LogP contribution is -2.39. The van der Waals surface area contributed by atoms with Crippen LogP contribution >= 0.6 is 25.3 Å². The lowest BCUT2D eigenvalue weighted by Gasteiger charge is -2.25. The molecule has 0 aromatic carbocycles. The minimum absolute atomic E-state index is 0.0372. The normalized spacial score (nSPS) is 11.0. The molecular formula is C9H16O5S2. The van der Waals surface area contributed by atoms with Crippen molar-refractivity contribution in [1.82, 2.24) is 0 Å². The summed E-state index contributed by atoms with van der Waals surface area (Å²) < 4.78 is 9.29. The van der Waals surface area contributed by atoms with Crippen LogP contribution in [0.25, 0.3) is 0 Å². The van der Waals surface area contributed by atoms with E-state index in [1.807, 2.05) is 0 Å². The van der Waals surface area contributed by atoms with Crippen molar-refractivity contribution in [3.63, 3.8) is 0 Å². The second-order valence-corrected chi connectivity index (χ2v) is 3.86. The third-order valence-electron chi connectivity index (χ3n) is 1.63. The molecule has 0 heterocycles. The van der Waals surface area contributed by atoms with Crippen molar-refractivity contribution in [1.29, 1.82) is 0 Å². The molecule has 0 spiro atoms. The van der Waals surface area contributed by atoms with Crippen molar-refractivity contribution in [2.75, 3.05) is 11.5 Å². The number of hydrogen-bond acceptors (Lipinski definition) is 7. The fourth-order valence-corrected chi connectivity index (χ4v) is 1.17. The maximum atomic E-state index is 11.1. The second kappa shape index (κ2) is 7.81. The van der Waals surface area contributed by atoms with Crippen molar-refractivity contribution >= 4 is 37.2 Å². The molecule has 94 valence electrons. The van der Waals surface area contributed by atoms with E-state index in [0.29, 0.717) is 11.5 Å². The number of rotatable bonds is 7. The SMILES string of the molecule is CCC(O)(OC(=O)CCS)OC(=O)CCS. The van der Waals surface area contributed by atoms with E-state index in [1.165, 1.54) is 6.92 Å². The summed E-state index contributed by atoms with van der Waals surface area (Å²) >= 11 is 7.68. The maximum Gasteiger partial charge on any atom is 0.372 e. The number of thiol groups is 2. The van der Waals surface area contributed by atoms with E-state index in [4.69, 9.17) is 0 Å². The Bertz CT molecular complexity index is 224. The molecular weight excluding hydrogens is 252 g/mol. The topological polar surface area (TPSA) is 72.8 Å². The smallest absolute Gasteiger partial charge is 0.372 e. The van der Waals surface area contributed by atoms with E-state index in [2.05, 4.69) is 34.7 Å². The molecule has 0 radical (unpaired) electrons. The van der Waals surface area contributed by atoms with Crippen molar-refractivity contribution in [3.8, 4) is 0 Å². The van der Waals surface area contributed by atoms with E-state index >= 15 is 0 Å². The predicted molar refractivity (Wildman–Crippen MR) is 64.4 cm³/mol. The quantitative estimate of drug-likeness (QED) is 0.361. The van der Waals surface area contributed by atoms with Crippen molar-refractivity contribution in [3.05, 3.63) is 0 Å². The van der Waals surface area contributed by atoms with Gasteiger partial charge in [0.2, 0.25) is 0 Å². The van der Waals surface area contributed by atoms with Gasteiger partial charge in [-0.15, -0.1) is 0 Å². The van der Waals surface area contributed by atoms with Gasteiger partial charge in [-0.3, -0.25) is 9.59 Å². The van der Waals surface area contributed by atoms with E-state index in [9.17, 15) is 14.7 Å². The van der Waals surface area contributed by atoms with Crippen LogP contribution < -0.4 is 0 Å². The lowest BCUT2D eigenvalue weighted by atomic mass is 10.4. The average Bonchev–Trinajstić information content (AvgIpc) is 2.17. The van der Waals surface area contributed by atoms with Gasteiger partial charge < -0.3 is 14.6 Å². The molecule has 0 saturated carbocycles. The average molecular weight is 268 g/mol. The van der Waals surface area contributed by atoms with Gasteiger partial charge in [-0.05, 0) is 0 Å². The van der Waals surface area contributed by atoms with Crippen molar-refractivity contribution < 1.29 is 24.2 Å². The van der Waals surface area contributed by atoms with Crippen molar-refractivity contribution in [2.45, 2.75) is 32.2 Å². The Morgan fingerprint density at radius 2 is 1.50 bits per heavy atom. The number of carbonyl (C=O) groups excluding carboxylic acids is 2. The second-order valence-electron chi connectivity index (χ2n) is 2.96. The van der Waals surface area contributed by atoms with Gasteiger partial charge in [0.05, 0.1) is 19.3 Å². The maximum absolute atomic E-state index is 11.1. The first-order valence-electron chi connectivity index (χ1n) is 4.85. The van der Waals surface area contributed by atoms with E-state index in [0.717, 1.165) is 0 Å². The Labute approximate surface area is 105 Å². The van der Waals surface area contributed by atoms with Gasteiger partial charge in [-0.25, -0.2) is 0 Å². The molecule has 5 nitrogen and oxygen atoms in total. The lowest BCUT2D eigenvalue weighted by molar-refractivity contribution is -0.325. The molecule has 0 aromatic heterocycles. The van der Waals surface area contributed by atoms with Gasteiger partial charge in [-0.2, -0.15) is 25.3 Å². The first kappa shape index (κ1) is 15.6. The summed E-state index contributed by atoms with van der Waals surface area (Å²) in [5.74, 6) is -2.93. The van der Waals surface area contributed by atoms with Crippen LogP contribution in [0, 0.1) is 0 Å². The largest absolute Gasteiger partial charge is 0.398 e. The highest BCUT2D eigenvalue weighted by atomic mass is 32.1. The van der Waals surface area contributed by atoms with Gasteiger partial charge in [0, 0.05) is 11.5 Å². The van der Waals surface area contributed by atoms with Gasteiger partial charge in [0.15, 0.2) is 0 Å². The molecule has 0 bridgehead atoms. The Hall–Kier alpha value is -0.400. The zero-order valence-corrected chi connectivity index (χ0v) is 10.8. The molecule has 0 rings (SSSR count). The zero-order valence-electron chi connectivity index (χ0n) is 9.01. The monoisotopic (exact) mass is 268 g/mol. The number of esters is 2. The summed E-state index contributed by atoms with van der Waals surface area (Å²) in [6, 6.07) is 0. The number of ether oxygens (including phenoxy) is 2. The third kappa shape index (κ3) is 6.24. The first-order chi connectivity index (χ1) is 7.47. The van der Waals surface area contributed by atoms with Gasteiger partial charge in [-0.1, -0.05) is 6.92 Å². The van der Waals surface area contributed by atoms with Crippen LogP contribution in [0.3, 0.4) is 0 Å². The van der Waals surface area contributed by atoms with Crippen LogP contribution in [0.15, 0.2) is 0 Å². The fourth-order valence-electron chi connectivity index (χ4n) is 0.806. The van der Waals surface area contributed by atoms with Crippen LogP contribution in [-0.2, 0) is 19.1 Å². The predicted octanol–water partition coefficient (Wildman–Crippen LogP) is 0.769. The Balaban J connectivity index is 4.29. The Morgan fingerprint density at radius 1 is 1.12 bits per heavy atom. The fraction of sp³-hybridized carbons (Fsp3) is 0.778. The summed E-state index contributed by atoms with van der Waals surface area (Å²) in [7, 11) is 0. The summed E-state index contributed by atoms with van der Waals surface area (Å²) in [5, 5.41) is 9.68. The van der Waals surface area contributed by atoms with Crippen molar-refractivity contribution in [2.24, 2.45) is 0 Å². The number of aliphatic hydroxyl groups is 1. The molecule has 16 heavy (non-hydrogen) atoms. The van der Waals surface area contributed by atoms with Crippen LogP contribution in [0.5, 0.6) is 0 Å². The minimum Gasteiger partial charge on any atom is -0.398 e. The minimum atomic E-state index is -2.18. The van der Waals surface area contributed by atoms with Gasteiger partial charge in [0.1, 0.15) is 0 Å². The van der Waals surface area contributed by atoms with Gasteiger partial charge >= 0.3 is 17.9 Å². The van der Waals surface area contributed by atoms with E-state index < -0.39 is 17.9 Å². The van der Waals surface area contributed by atoms with Crippen LogP contribution in [-0.4, -0.2) is 34.5 Å². The highest BCUT2D eigenvalue weighted by Crippen LogP contribution is 2.16. The Kier molecular flexibility index (Phi) is 7.61. The molecule has 0 fully saturated rings. The highest BCUT2D eigenvalue weighted by Gasteiger charge is 2.33. The molecule has 1 N–H and O–H groups in total. The molecule has 0 unspecified atom stereocenters. The first-order valence-corrected chi connectivity index (χ1v) is 6.11. The summed E-state index contributed by atoms with van der Waals surface area (Å²) in [5.41, 5.74) is 0. The molecule has 0 aliphatic rings. The third-order valence-corrected chi connectivity index (χ3v) is 2.07. The van der Waals surface area contributed by atoms with Crippen LogP contribution in [0.2, 0.25) is 0 Å². The summed E-state index contributed by atoms with van der Waals surface area (Å²) in [6.45, 7) is 1.53. The molecule has 0 amide bonds. The van der Waals surface area contributed by atoms with E-state index in [-0.39, 0.29) is 19.3 Å². The Morgan fingerprint density at radius 3 is 1.75 bits per heavy atom. The summed E-state index contributed by atoms with van der Waals surface area (Å²) in [4.78, 5) is 22.2. The van der Waals surface area contributed by atoms with Crippen LogP contribution in [0.1, 0.15) is 26.2 Å². The van der Waals surface area contributed by atoms with E-state index in [1.54, 1.807) is 0 Å². The standard InChI is InChI=1S/C9H16O5S2/c1-2-9(12,13-7(10)3-5-15)14-8(11)4-6-16/h12,15-16H,2-6H2,1H3. The molecule has 0 aliphatic carbocycles. The molecule has 0 aromatic rings. The molecule has 7 heteroatoms. The molecule has 0 aliphatic heterocycles. The molecule has 0 atom stereocenters. The number of hydrogen-bond donors (Lipinski definition) is 3. The van der Waals surface area contributed by atoms with Gasteiger partial charge in [0.25, 0.3) is 0 Å². The number of carbonyl (C=O) groups is 2. The molecule has 0 saturated heterocycles. The summed E-state index contributed by atoms with van der Waals surface area (Å²) in [6.07, 6.45) is 0.0364. The highest BCUT2D eigenvalue weighted by molar-refractivity contribution is 7.80.